The molecule has 134 valence electrons. The van der Waals surface area contributed by atoms with Gasteiger partial charge in [-0.3, -0.25) is 0 Å². The Morgan fingerprint density at radius 2 is 1.39 bits per heavy atom. The summed E-state index contributed by atoms with van der Waals surface area (Å²) in [5, 5.41) is 0. The summed E-state index contributed by atoms with van der Waals surface area (Å²) < 4.78 is 118. The Balaban J connectivity index is 2.50. The van der Waals surface area contributed by atoms with Gasteiger partial charge in [-0.15, -0.1) is 0 Å². The molecule has 0 spiro atoms. The molecule has 1 saturated carbocycles. The van der Waals surface area contributed by atoms with Crippen LogP contribution in [0.15, 0.2) is 11.1 Å². The topological polar surface area (TPSA) is 68.3 Å². The van der Waals surface area contributed by atoms with Crippen LogP contribution in [-0.2, 0) is 19.7 Å². The third-order valence-electron chi connectivity index (χ3n) is 4.17. The first-order chi connectivity index (χ1) is 10.2. The molecule has 0 aromatic carbocycles. The van der Waals surface area contributed by atoms with Crippen LogP contribution in [0.5, 0.6) is 0 Å². The summed E-state index contributed by atoms with van der Waals surface area (Å²) >= 11 is 0. The van der Waals surface area contributed by atoms with Crippen LogP contribution in [0.3, 0.4) is 0 Å². The molecule has 12 heteroatoms. The molecule has 0 N–H and O–H groups in total. The summed E-state index contributed by atoms with van der Waals surface area (Å²) in [5.74, 6) is 0.0443. The fourth-order valence-corrected chi connectivity index (χ4v) is 6.46. The van der Waals surface area contributed by atoms with Crippen LogP contribution >= 0.6 is 0 Å². The van der Waals surface area contributed by atoms with Crippen molar-refractivity contribution in [2.75, 3.05) is 0 Å². The molecule has 2 rings (SSSR count). The molecule has 0 aromatic heterocycles. The minimum Gasteiger partial charge on any atom is -0.218 e. The quantitative estimate of drug-likeness (QED) is 0.550. The molecule has 1 fully saturated rings. The van der Waals surface area contributed by atoms with Gasteiger partial charge in [-0.05, 0) is 31.6 Å². The number of halogens is 6. The van der Waals surface area contributed by atoms with E-state index in [-0.39, 0.29) is 17.9 Å². The zero-order valence-electron chi connectivity index (χ0n) is 11.4. The first-order valence-corrected chi connectivity index (χ1v) is 9.57. The summed E-state index contributed by atoms with van der Waals surface area (Å²) in [5.41, 5.74) is -11.5. The Morgan fingerprint density at radius 3 is 1.70 bits per heavy atom. The van der Waals surface area contributed by atoms with E-state index in [1.165, 1.54) is 0 Å². The average Bonchev–Trinajstić information content (AvgIpc) is 2.94. The molecular weight excluding hydrogens is 374 g/mol. The van der Waals surface area contributed by atoms with E-state index >= 15 is 0 Å². The summed E-state index contributed by atoms with van der Waals surface area (Å²) in [6.07, 6.45) is 0.509. The zero-order chi connectivity index (χ0) is 17.8. The lowest BCUT2D eigenvalue weighted by Gasteiger charge is -2.23. The predicted octanol–water partition coefficient (Wildman–Crippen LogP) is 3.07. The molecule has 1 atom stereocenters. The van der Waals surface area contributed by atoms with Gasteiger partial charge in [-0.25, -0.2) is 16.8 Å². The first kappa shape index (κ1) is 18.6. The minimum atomic E-state index is -6.53. The van der Waals surface area contributed by atoms with Gasteiger partial charge < -0.3 is 0 Å². The highest BCUT2D eigenvalue weighted by atomic mass is 32.3. The van der Waals surface area contributed by atoms with Crippen molar-refractivity contribution in [3.05, 3.63) is 11.1 Å². The minimum absolute atomic E-state index is 0.0443. The normalized spacial score (nSPS) is 23.2. The van der Waals surface area contributed by atoms with Gasteiger partial charge >= 0.3 is 11.0 Å². The second-order valence-electron chi connectivity index (χ2n) is 5.64. The van der Waals surface area contributed by atoms with E-state index in [1.807, 2.05) is 0 Å². The lowest BCUT2D eigenvalue weighted by Crippen LogP contribution is -2.45. The molecule has 2 bridgehead atoms. The van der Waals surface area contributed by atoms with Crippen LogP contribution < -0.4 is 0 Å². The number of hydrogen-bond acceptors (Lipinski definition) is 4. The maximum atomic E-state index is 12.6. The van der Waals surface area contributed by atoms with E-state index in [1.54, 1.807) is 0 Å². The number of alkyl halides is 6. The summed E-state index contributed by atoms with van der Waals surface area (Å²) in [6, 6.07) is 0. The highest BCUT2D eigenvalue weighted by Gasteiger charge is 2.63. The van der Waals surface area contributed by atoms with Gasteiger partial charge in [-0.1, -0.05) is 11.1 Å². The maximum Gasteiger partial charge on any atom is 0.498 e. The van der Waals surface area contributed by atoms with E-state index in [0.29, 0.717) is 18.4 Å². The highest BCUT2D eigenvalue weighted by Crippen LogP contribution is 2.48. The monoisotopic (exact) mass is 386 g/mol. The van der Waals surface area contributed by atoms with Crippen LogP contribution in [-0.4, -0.2) is 32.4 Å². The van der Waals surface area contributed by atoms with Gasteiger partial charge in [0.15, 0.2) is 4.58 Å². The predicted molar refractivity (Wildman–Crippen MR) is 67.3 cm³/mol. The van der Waals surface area contributed by atoms with Gasteiger partial charge in [0.2, 0.25) is 0 Å². The molecule has 0 saturated heterocycles. The van der Waals surface area contributed by atoms with E-state index < -0.39 is 41.7 Å². The number of rotatable bonds is 4. The van der Waals surface area contributed by atoms with Gasteiger partial charge in [0.1, 0.15) is 0 Å². The third-order valence-corrected chi connectivity index (χ3v) is 8.70. The van der Waals surface area contributed by atoms with E-state index in [2.05, 4.69) is 0 Å². The third kappa shape index (κ3) is 3.11. The molecule has 0 heterocycles. The Kier molecular flexibility index (Phi) is 4.33. The van der Waals surface area contributed by atoms with Crippen molar-refractivity contribution in [1.29, 1.82) is 0 Å². The smallest absolute Gasteiger partial charge is 0.218 e. The van der Waals surface area contributed by atoms with E-state index in [4.69, 9.17) is 0 Å². The lowest BCUT2D eigenvalue weighted by atomic mass is 9.97. The molecule has 2 aliphatic carbocycles. The van der Waals surface area contributed by atoms with Gasteiger partial charge in [0, 0.05) is 6.42 Å². The Labute approximate surface area is 128 Å². The second-order valence-corrected chi connectivity index (χ2v) is 10.2. The SMILES string of the molecule is O=S(=O)(C(CC1=C2CCC(C2)C1)S(=O)(=O)C(F)(F)F)C(F)(F)F. The number of fused-ring (bicyclic) bond motifs is 2. The standard InChI is InChI=1S/C11H12F6O4S2/c12-10(13,14)22(18,19)9(23(20,21)11(15,16)17)5-8-4-6-1-2-7(8)3-6/h6,9H,1-5H2. The largest absolute Gasteiger partial charge is 0.498 e. The van der Waals surface area contributed by atoms with Crippen molar-refractivity contribution >= 4 is 19.7 Å². The molecule has 0 aromatic rings. The van der Waals surface area contributed by atoms with Crippen molar-refractivity contribution in [3.63, 3.8) is 0 Å². The second kappa shape index (κ2) is 5.36. The number of hydrogen-bond donors (Lipinski definition) is 0. The summed E-state index contributed by atoms with van der Waals surface area (Å²) in [7, 11) is -13.1. The van der Waals surface area contributed by atoms with Crippen molar-refractivity contribution in [1.82, 2.24) is 0 Å². The molecular formula is C11H12F6O4S2. The van der Waals surface area contributed by atoms with Crippen molar-refractivity contribution in [2.24, 2.45) is 5.92 Å². The van der Waals surface area contributed by atoms with Crippen LogP contribution in [0.4, 0.5) is 26.3 Å². The summed E-state index contributed by atoms with van der Waals surface area (Å²) in [4.78, 5) is 0. The van der Waals surface area contributed by atoms with Crippen LogP contribution in [0.2, 0.25) is 0 Å². The van der Waals surface area contributed by atoms with E-state index in [9.17, 15) is 43.2 Å². The van der Waals surface area contributed by atoms with Crippen LogP contribution in [0.25, 0.3) is 0 Å². The molecule has 0 aliphatic heterocycles. The number of sulfone groups is 2. The van der Waals surface area contributed by atoms with Crippen LogP contribution in [0, 0.1) is 5.92 Å². The van der Waals surface area contributed by atoms with Crippen molar-refractivity contribution in [2.45, 2.75) is 47.7 Å². The van der Waals surface area contributed by atoms with Gasteiger partial charge in [0.05, 0.1) is 0 Å². The first-order valence-electron chi connectivity index (χ1n) is 6.48. The molecule has 1 unspecified atom stereocenters. The highest BCUT2D eigenvalue weighted by molar-refractivity contribution is 8.09. The lowest BCUT2D eigenvalue weighted by molar-refractivity contribution is -0.0471. The average molecular weight is 386 g/mol. The van der Waals surface area contributed by atoms with Gasteiger partial charge in [-0.2, -0.15) is 26.3 Å². The Morgan fingerprint density at radius 1 is 0.913 bits per heavy atom. The Hall–Kier alpha value is -0.780. The molecule has 0 amide bonds. The fraction of sp³-hybridized carbons (Fsp3) is 0.818. The maximum absolute atomic E-state index is 12.6. The van der Waals surface area contributed by atoms with Crippen molar-refractivity contribution in [3.8, 4) is 0 Å². The van der Waals surface area contributed by atoms with Gasteiger partial charge in [0.25, 0.3) is 19.7 Å². The summed E-state index contributed by atoms with van der Waals surface area (Å²) in [6.45, 7) is 0. The molecule has 4 nitrogen and oxygen atoms in total. The molecule has 0 radical (unpaired) electrons. The van der Waals surface area contributed by atoms with Crippen LogP contribution in [0.1, 0.15) is 32.1 Å². The van der Waals surface area contributed by atoms with E-state index in [0.717, 1.165) is 6.42 Å². The fourth-order valence-electron chi connectivity index (χ4n) is 3.03. The Bertz CT molecular complexity index is 685. The number of allylic oxidation sites excluding steroid dienone is 2. The molecule has 23 heavy (non-hydrogen) atoms. The molecule has 2 aliphatic rings. The zero-order valence-corrected chi connectivity index (χ0v) is 13.0. The van der Waals surface area contributed by atoms with Crippen molar-refractivity contribution < 1.29 is 43.2 Å².